The van der Waals surface area contributed by atoms with Gasteiger partial charge in [-0.2, -0.15) is 0 Å². The SMILES string of the molecule is CCCCC(Oc1cc(CC(=O)N(C)CCc2ccccc2)cc(-c2ccccc2)c1)C(=O)O. The van der Waals surface area contributed by atoms with Crippen LogP contribution in [0.5, 0.6) is 5.75 Å². The van der Waals surface area contributed by atoms with Crippen LogP contribution < -0.4 is 4.74 Å². The second-order valence-corrected chi connectivity index (χ2v) is 8.55. The van der Waals surface area contributed by atoms with E-state index in [1.54, 1.807) is 11.0 Å². The average molecular weight is 460 g/mol. The Morgan fingerprint density at radius 3 is 2.24 bits per heavy atom. The Balaban J connectivity index is 1.78. The molecule has 34 heavy (non-hydrogen) atoms. The van der Waals surface area contributed by atoms with E-state index in [1.807, 2.05) is 74.6 Å². The van der Waals surface area contributed by atoms with Crippen molar-refractivity contribution >= 4 is 11.9 Å². The van der Waals surface area contributed by atoms with Gasteiger partial charge in [0.15, 0.2) is 6.10 Å². The van der Waals surface area contributed by atoms with E-state index < -0.39 is 12.1 Å². The molecule has 0 fully saturated rings. The Morgan fingerprint density at radius 1 is 0.912 bits per heavy atom. The Labute approximate surface area is 202 Å². The lowest BCUT2D eigenvalue weighted by Gasteiger charge is -2.19. The number of amides is 1. The second-order valence-electron chi connectivity index (χ2n) is 8.55. The first-order valence-corrected chi connectivity index (χ1v) is 11.8. The van der Waals surface area contributed by atoms with Crippen molar-refractivity contribution in [1.29, 1.82) is 0 Å². The highest BCUT2D eigenvalue weighted by Crippen LogP contribution is 2.28. The Bertz CT molecular complexity index is 1070. The number of carbonyl (C=O) groups is 2. The van der Waals surface area contributed by atoms with Gasteiger partial charge in [0.1, 0.15) is 5.75 Å². The van der Waals surface area contributed by atoms with E-state index in [2.05, 4.69) is 12.1 Å². The number of carboxylic acids is 1. The molecular weight excluding hydrogens is 426 g/mol. The standard InChI is InChI=1S/C29H33NO4/c1-3-4-15-27(29(32)33)34-26-19-23(18-25(21-26)24-13-9-6-10-14-24)20-28(31)30(2)17-16-22-11-7-5-8-12-22/h5-14,18-19,21,27H,3-4,15-17,20H2,1-2H3,(H,32,33). The maximum atomic E-state index is 13.0. The van der Waals surface area contributed by atoms with Gasteiger partial charge in [-0.05, 0) is 53.6 Å². The minimum Gasteiger partial charge on any atom is -0.479 e. The van der Waals surface area contributed by atoms with E-state index in [-0.39, 0.29) is 12.3 Å². The highest BCUT2D eigenvalue weighted by atomic mass is 16.5. The van der Waals surface area contributed by atoms with Crippen LogP contribution in [0.3, 0.4) is 0 Å². The summed E-state index contributed by atoms with van der Waals surface area (Å²) in [5.74, 6) is -0.496. The van der Waals surface area contributed by atoms with Gasteiger partial charge in [0.2, 0.25) is 5.91 Å². The van der Waals surface area contributed by atoms with Gasteiger partial charge in [-0.1, -0.05) is 80.1 Å². The maximum absolute atomic E-state index is 13.0. The van der Waals surface area contributed by atoms with Crippen molar-refractivity contribution in [3.8, 4) is 16.9 Å². The first kappa shape index (κ1) is 25.0. The Kier molecular flexibility index (Phi) is 9.27. The van der Waals surface area contributed by atoms with Crippen LogP contribution in [0.4, 0.5) is 0 Å². The molecule has 3 aromatic rings. The van der Waals surface area contributed by atoms with E-state index >= 15 is 0 Å². The zero-order valence-corrected chi connectivity index (χ0v) is 19.9. The summed E-state index contributed by atoms with van der Waals surface area (Å²) in [6.07, 6.45) is 2.20. The molecule has 178 valence electrons. The van der Waals surface area contributed by atoms with Crippen LogP contribution in [0.1, 0.15) is 37.3 Å². The third kappa shape index (κ3) is 7.48. The third-order valence-corrected chi connectivity index (χ3v) is 5.81. The number of likely N-dealkylation sites (N-methyl/N-ethyl adjacent to an activating group) is 1. The average Bonchev–Trinajstić information content (AvgIpc) is 2.86. The molecule has 0 saturated heterocycles. The van der Waals surface area contributed by atoms with Crippen molar-refractivity contribution in [2.45, 2.75) is 45.1 Å². The van der Waals surface area contributed by atoms with Gasteiger partial charge in [0, 0.05) is 13.6 Å². The Morgan fingerprint density at radius 2 is 1.59 bits per heavy atom. The molecule has 0 heterocycles. The summed E-state index contributed by atoms with van der Waals surface area (Å²) < 4.78 is 5.90. The molecule has 5 nitrogen and oxygen atoms in total. The maximum Gasteiger partial charge on any atom is 0.344 e. The zero-order chi connectivity index (χ0) is 24.3. The summed E-state index contributed by atoms with van der Waals surface area (Å²) in [4.78, 5) is 26.4. The smallest absolute Gasteiger partial charge is 0.344 e. The molecule has 3 aromatic carbocycles. The predicted octanol–water partition coefficient (Wildman–Crippen LogP) is 5.62. The zero-order valence-electron chi connectivity index (χ0n) is 19.9. The van der Waals surface area contributed by atoms with Gasteiger partial charge in [-0.3, -0.25) is 4.79 Å². The molecule has 0 spiro atoms. The number of carbonyl (C=O) groups excluding carboxylic acids is 1. The van der Waals surface area contributed by atoms with Crippen molar-refractivity contribution < 1.29 is 19.4 Å². The highest BCUT2D eigenvalue weighted by Gasteiger charge is 2.20. The molecular formula is C29H33NO4. The molecule has 0 radical (unpaired) electrons. The largest absolute Gasteiger partial charge is 0.479 e. The van der Waals surface area contributed by atoms with Crippen molar-refractivity contribution in [3.63, 3.8) is 0 Å². The number of unbranched alkanes of at least 4 members (excludes halogenated alkanes) is 1. The van der Waals surface area contributed by atoms with E-state index in [0.717, 1.165) is 36.0 Å². The van der Waals surface area contributed by atoms with Gasteiger partial charge in [0.25, 0.3) is 0 Å². The van der Waals surface area contributed by atoms with E-state index in [1.165, 1.54) is 5.56 Å². The van der Waals surface area contributed by atoms with Gasteiger partial charge in [0.05, 0.1) is 6.42 Å². The summed E-state index contributed by atoms with van der Waals surface area (Å²) >= 11 is 0. The molecule has 1 N–H and O–H groups in total. The molecule has 0 aliphatic heterocycles. The van der Waals surface area contributed by atoms with Gasteiger partial charge in [-0.15, -0.1) is 0 Å². The molecule has 5 heteroatoms. The topological polar surface area (TPSA) is 66.8 Å². The number of nitrogens with zero attached hydrogens (tertiary/aromatic N) is 1. The van der Waals surface area contributed by atoms with Crippen LogP contribution in [-0.2, 0) is 22.4 Å². The van der Waals surface area contributed by atoms with Crippen LogP contribution in [0.15, 0.2) is 78.9 Å². The van der Waals surface area contributed by atoms with E-state index in [0.29, 0.717) is 18.7 Å². The number of carboxylic acid groups (broad SMARTS) is 1. The molecule has 0 bridgehead atoms. The fourth-order valence-corrected chi connectivity index (χ4v) is 3.79. The number of ether oxygens (including phenoxy) is 1. The minimum absolute atomic E-state index is 0.00728. The molecule has 0 aliphatic carbocycles. The van der Waals surface area contributed by atoms with Crippen LogP contribution in [-0.4, -0.2) is 41.6 Å². The second kappa shape index (κ2) is 12.6. The lowest BCUT2D eigenvalue weighted by Crippen LogP contribution is -2.30. The summed E-state index contributed by atoms with van der Waals surface area (Å²) in [7, 11) is 1.81. The highest BCUT2D eigenvalue weighted by molar-refractivity contribution is 5.80. The molecule has 0 saturated carbocycles. The van der Waals surface area contributed by atoms with Crippen molar-refractivity contribution in [1.82, 2.24) is 4.90 Å². The molecule has 1 amide bonds. The molecule has 1 unspecified atom stereocenters. The van der Waals surface area contributed by atoms with Crippen LogP contribution in [0, 0.1) is 0 Å². The fraction of sp³-hybridized carbons (Fsp3) is 0.310. The first-order chi connectivity index (χ1) is 16.5. The summed E-state index contributed by atoms with van der Waals surface area (Å²) in [6, 6.07) is 25.5. The van der Waals surface area contributed by atoms with Crippen LogP contribution in [0.25, 0.3) is 11.1 Å². The Hall–Kier alpha value is -3.60. The number of rotatable bonds is 12. The molecule has 0 aromatic heterocycles. The number of hydrogen-bond donors (Lipinski definition) is 1. The molecule has 1 atom stereocenters. The number of hydrogen-bond acceptors (Lipinski definition) is 3. The monoisotopic (exact) mass is 459 g/mol. The van der Waals surface area contributed by atoms with E-state index in [4.69, 9.17) is 4.74 Å². The molecule has 3 rings (SSSR count). The minimum atomic E-state index is -0.975. The van der Waals surface area contributed by atoms with Crippen molar-refractivity contribution in [3.05, 3.63) is 90.0 Å². The quantitative estimate of drug-likeness (QED) is 0.382. The van der Waals surface area contributed by atoms with Crippen molar-refractivity contribution in [2.75, 3.05) is 13.6 Å². The predicted molar refractivity (Wildman–Crippen MR) is 135 cm³/mol. The summed E-state index contributed by atoms with van der Waals surface area (Å²) in [5, 5.41) is 9.60. The summed E-state index contributed by atoms with van der Waals surface area (Å²) in [6.45, 7) is 2.65. The third-order valence-electron chi connectivity index (χ3n) is 5.81. The lowest BCUT2D eigenvalue weighted by molar-refractivity contribution is -0.145. The lowest BCUT2D eigenvalue weighted by atomic mass is 10.0. The number of benzene rings is 3. The van der Waals surface area contributed by atoms with Crippen LogP contribution >= 0.6 is 0 Å². The normalized spacial score (nSPS) is 11.6. The van der Waals surface area contributed by atoms with Crippen LogP contribution in [0.2, 0.25) is 0 Å². The number of aliphatic carboxylic acids is 1. The fourth-order valence-electron chi connectivity index (χ4n) is 3.79. The summed E-state index contributed by atoms with van der Waals surface area (Å²) in [5.41, 5.74) is 3.87. The van der Waals surface area contributed by atoms with E-state index in [9.17, 15) is 14.7 Å². The first-order valence-electron chi connectivity index (χ1n) is 11.8. The van der Waals surface area contributed by atoms with Crippen molar-refractivity contribution in [2.24, 2.45) is 0 Å². The van der Waals surface area contributed by atoms with Gasteiger partial charge in [-0.25, -0.2) is 4.79 Å². The van der Waals surface area contributed by atoms with Gasteiger partial charge < -0.3 is 14.7 Å². The van der Waals surface area contributed by atoms with Gasteiger partial charge >= 0.3 is 5.97 Å². The molecule has 0 aliphatic rings.